The van der Waals surface area contributed by atoms with E-state index in [1.807, 2.05) is 60.7 Å². The molecule has 0 amide bonds. The van der Waals surface area contributed by atoms with E-state index >= 15 is 0 Å². The van der Waals surface area contributed by atoms with Crippen molar-refractivity contribution in [2.75, 3.05) is 7.11 Å². The van der Waals surface area contributed by atoms with E-state index in [1.165, 1.54) is 0 Å². The minimum Gasteiger partial charge on any atom is -0.497 e. The molecule has 0 aliphatic rings. The third-order valence-electron chi connectivity index (χ3n) is 4.54. The molecule has 0 saturated carbocycles. The lowest BCUT2D eigenvalue weighted by atomic mass is 10.0. The Balaban J connectivity index is 1.54. The average Bonchev–Trinajstić information content (AvgIpc) is 3.28. The van der Waals surface area contributed by atoms with Crippen molar-refractivity contribution < 1.29 is 9.53 Å². The summed E-state index contributed by atoms with van der Waals surface area (Å²) in [5, 5.41) is 11.9. The Labute approximate surface area is 173 Å². The van der Waals surface area contributed by atoms with Crippen molar-refractivity contribution in [2.24, 2.45) is 4.99 Å². The molecule has 0 aliphatic heterocycles. The number of carbonyl (C=O) groups is 1. The van der Waals surface area contributed by atoms with Crippen LogP contribution in [0.2, 0.25) is 0 Å². The highest BCUT2D eigenvalue weighted by Crippen LogP contribution is 2.22. The first-order valence-corrected chi connectivity index (χ1v) is 9.39. The van der Waals surface area contributed by atoms with E-state index in [0.29, 0.717) is 29.1 Å². The van der Waals surface area contributed by atoms with E-state index in [1.54, 1.807) is 36.2 Å². The number of nitrogens with zero attached hydrogens (tertiary/aromatic N) is 5. The summed E-state index contributed by atoms with van der Waals surface area (Å²) in [7, 11) is 1.62. The summed E-state index contributed by atoms with van der Waals surface area (Å²) in [5.41, 5.74) is 2.61. The van der Waals surface area contributed by atoms with Crippen molar-refractivity contribution in [1.82, 2.24) is 20.2 Å². The molecule has 0 bridgehead atoms. The van der Waals surface area contributed by atoms with Gasteiger partial charge in [-0.15, -0.1) is 5.10 Å². The van der Waals surface area contributed by atoms with E-state index < -0.39 is 0 Å². The fraction of sp³-hybridized carbons (Fsp3) is 0.0870. The van der Waals surface area contributed by atoms with E-state index in [9.17, 15) is 4.79 Å². The van der Waals surface area contributed by atoms with Gasteiger partial charge in [0, 0.05) is 23.8 Å². The van der Waals surface area contributed by atoms with Gasteiger partial charge in [0.2, 0.25) is 0 Å². The number of ether oxygens (including phenoxy) is 1. The zero-order valence-electron chi connectivity index (χ0n) is 16.3. The number of benzene rings is 3. The van der Waals surface area contributed by atoms with Crippen LogP contribution in [0.3, 0.4) is 0 Å². The molecule has 0 N–H and O–H groups in total. The molecule has 7 heteroatoms. The summed E-state index contributed by atoms with van der Waals surface area (Å²) in [5.74, 6) is 1.33. The Morgan fingerprint density at radius 1 is 1.00 bits per heavy atom. The van der Waals surface area contributed by atoms with Crippen molar-refractivity contribution in [3.63, 3.8) is 0 Å². The van der Waals surface area contributed by atoms with E-state index in [4.69, 9.17) is 4.74 Å². The van der Waals surface area contributed by atoms with Gasteiger partial charge in [0.25, 0.3) is 0 Å². The summed E-state index contributed by atoms with van der Waals surface area (Å²) >= 11 is 0. The maximum absolute atomic E-state index is 12.8. The monoisotopic (exact) mass is 397 g/mol. The van der Waals surface area contributed by atoms with Crippen molar-refractivity contribution in [2.45, 2.75) is 6.42 Å². The summed E-state index contributed by atoms with van der Waals surface area (Å²) in [6.45, 7) is 0. The van der Waals surface area contributed by atoms with Crippen LogP contribution in [-0.2, 0) is 6.42 Å². The standard InChI is InChI=1S/C23H19N5O2/c1-30-19-13-11-18(12-14-19)28-22(25-26-27-28)15-16-24-21-10-6-5-9-20(21)23(29)17-7-3-2-4-8-17/h2-14,16H,15H2,1H3. The molecule has 4 rings (SSSR count). The van der Waals surface area contributed by atoms with Gasteiger partial charge in [-0.05, 0) is 46.8 Å². The summed E-state index contributed by atoms with van der Waals surface area (Å²) in [6.07, 6.45) is 2.12. The molecular formula is C23H19N5O2. The molecule has 1 aromatic heterocycles. The number of hydrogen-bond acceptors (Lipinski definition) is 6. The van der Waals surface area contributed by atoms with Crippen LogP contribution < -0.4 is 4.74 Å². The van der Waals surface area contributed by atoms with E-state index in [-0.39, 0.29) is 5.78 Å². The number of methoxy groups -OCH3 is 1. The van der Waals surface area contributed by atoms with Crippen LogP contribution in [-0.4, -0.2) is 39.3 Å². The van der Waals surface area contributed by atoms with Crippen LogP contribution >= 0.6 is 0 Å². The zero-order valence-corrected chi connectivity index (χ0v) is 16.3. The van der Waals surface area contributed by atoms with Crippen LogP contribution in [0.15, 0.2) is 83.9 Å². The Bertz CT molecular complexity index is 1170. The molecule has 0 aliphatic carbocycles. The number of tetrazole rings is 1. The molecule has 3 aromatic carbocycles. The molecule has 0 saturated heterocycles. The van der Waals surface area contributed by atoms with Crippen molar-refractivity contribution in [1.29, 1.82) is 0 Å². The maximum atomic E-state index is 12.8. The molecule has 30 heavy (non-hydrogen) atoms. The number of ketones is 1. The van der Waals surface area contributed by atoms with Gasteiger partial charge in [0.1, 0.15) is 5.75 Å². The molecule has 0 atom stereocenters. The van der Waals surface area contributed by atoms with E-state index in [2.05, 4.69) is 20.5 Å². The lowest BCUT2D eigenvalue weighted by molar-refractivity contribution is 0.103. The van der Waals surface area contributed by atoms with Gasteiger partial charge in [0.15, 0.2) is 11.6 Å². The highest BCUT2D eigenvalue weighted by atomic mass is 16.5. The third-order valence-corrected chi connectivity index (χ3v) is 4.54. The third kappa shape index (κ3) is 4.15. The number of para-hydroxylation sites is 1. The number of rotatable bonds is 7. The largest absolute Gasteiger partial charge is 0.497 e. The SMILES string of the molecule is COc1ccc(-n2nnnc2CC=Nc2ccccc2C(=O)c2ccccc2)cc1. The minimum atomic E-state index is -0.0635. The predicted molar refractivity (Wildman–Crippen MR) is 114 cm³/mol. The Morgan fingerprint density at radius 2 is 1.73 bits per heavy atom. The van der Waals surface area contributed by atoms with Gasteiger partial charge >= 0.3 is 0 Å². The Kier molecular flexibility index (Phi) is 5.70. The second kappa shape index (κ2) is 8.91. The lowest BCUT2D eigenvalue weighted by Gasteiger charge is -2.05. The maximum Gasteiger partial charge on any atom is 0.195 e. The van der Waals surface area contributed by atoms with Crippen molar-refractivity contribution >= 4 is 17.7 Å². The summed E-state index contributed by atoms with van der Waals surface area (Å²) < 4.78 is 6.83. The molecule has 4 aromatic rings. The van der Waals surface area contributed by atoms with Crippen LogP contribution in [0, 0.1) is 0 Å². The zero-order chi connectivity index (χ0) is 20.8. The number of carbonyl (C=O) groups excluding carboxylic acids is 1. The Hall–Kier alpha value is -4.13. The van der Waals surface area contributed by atoms with Gasteiger partial charge < -0.3 is 4.74 Å². The molecule has 7 nitrogen and oxygen atoms in total. The molecule has 148 valence electrons. The van der Waals surface area contributed by atoms with Crippen LogP contribution in [0.25, 0.3) is 5.69 Å². The van der Waals surface area contributed by atoms with Crippen molar-refractivity contribution in [3.05, 3.63) is 95.8 Å². The second-order valence-corrected chi connectivity index (χ2v) is 6.43. The van der Waals surface area contributed by atoms with Crippen LogP contribution in [0.4, 0.5) is 5.69 Å². The topological polar surface area (TPSA) is 82.3 Å². The molecule has 0 unspecified atom stereocenters. The van der Waals surface area contributed by atoms with E-state index in [0.717, 1.165) is 11.4 Å². The highest BCUT2D eigenvalue weighted by molar-refractivity contribution is 6.12. The number of aromatic nitrogens is 4. The highest BCUT2D eigenvalue weighted by Gasteiger charge is 2.12. The van der Waals surface area contributed by atoms with Crippen LogP contribution in [0.1, 0.15) is 21.7 Å². The Morgan fingerprint density at radius 3 is 2.50 bits per heavy atom. The minimum absolute atomic E-state index is 0.0635. The first kappa shape index (κ1) is 19.2. The fourth-order valence-electron chi connectivity index (χ4n) is 3.01. The second-order valence-electron chi connectivity index (χ2n) is 6.43. The van der Waals surface area contributed by atoms with Gasteiger partial charge in [-0.25, -0.2) is 0 Å². The molecule has 1 heterocycles. The lowest BCUT2D eigenvalue weighted by Crippen LogP contribution is -2.04. The first-order valence-electron chi connectivity index (χ1n) is 9.39. The molecular weight excluding hydrogens is 378 g/mol. The van der Waals surface area contributed by atoms with Gasteiger partial charge in [-0.2, -0.15) is 4.68 Å². The summed E-state index contributed by atoms with van der Waals surface area (Å²) in [4.78, 5) is 17.3. The van der Waals surface area contributed by atoms with Crippen molar-refractivity contribution in [3.8, 4) is 11.4 Å². The first-order chi connectivity index (χ1) is 14.8. The van der Waals surface area contributed by atoms with Gasteiger partial charge in [-0.1, -0.05) is 42.5 Å². The van der Waals surface area contributed by atoms with Crippen LogP contribution in [0.5, 0.6) is 5.75 Å². The van der Waals surface area contributed by atoms with Gasteiger partial charge in [0.05, 0.1) is 18.5 Å². The average molecular weight is 397 g/mol. The molecule has 0 spiro atoms. The molecule has 0 radical (unpaired) electrons. The molecule has 0 fully saturated rings. The smallest absolute Gasteiger partial charge is 0.195 e. The fourth-order valence-corrected chi connectivity index (χ4v) is 3.01. The number of aliphatic imine (C=N–C) groups is 1. The van der Waals surface area contributed by atoms with Gasteiger partial charge in [-0.3, -0.25) is 9.79 Å². The predicted octanol–water partition coefficient (Wildman–Crippen LogP) is 3.85. The summed E-state index contributed by atoms with van der Waals surface area (Å²) in [6, 6.07) is 23.9. The normalized spacial score (nSPS) is 11.0. The number of hydrogen-bond donors (Lipinski definition) is 0. The quantitative estimate of drug-likeness (QED) is 0.349.